The summed E-state index contributed by atoms with van der Waals surface area (Å²) in [4.78, 5) is 7.16. The van der Waals surface area contributed by atoms with Gasteiger partial charge in [0.15, 0.2) is 0 Å². The lowest BCUT2D eigenvalue weighted by molar-refractivity contribution is -0.00424. The SMILES string of the molecule is CCN(Cc1cccc(C)n1)CC1(CNC)CCOCC1. The second-order valence-corrected chi connectivity index (χ2v) is 6.22. The molecule has 0 atom stereocenters. The fraction of sp³-hybridized carbons (Fsp3) is 0.706. The molecule has 0 bridgehead atoms. The van der Waals surface area contributed by atoms with Gasteiger partial charge in [0.1, 0.15) is 0 Å². The minimum Gasteiger partial charge on any atom is -0.381 e. The zero-order valence-corrected chi connectivity index (χ0v) is 13.7. The summed E-state index contributed by atoms with van der Waals surface area (Å²) in [6, 6.07) is 6.29. The van der Waals surface area contributed by atoms with Gasteiger partial charge in [0.25, 0.3) is 0 Å². The molecular weight excluding hydrogens is 262 g/mol. The van der Waals surface area contributed by atoms with Gasteiger partial charge in [-0.1, -0.05) is 13.0 Å². The second kappa shape index (κ2) is 7.87. The largest absolute Gasteiger partial charge is 0.381 e. The van der Waals surface area contributed by atoms with Gasteiger partial charge < -0.3 is 10.1 Å². The third-order valence-corrected chi connectivity index (χ3v) is 4.44. The number of rotatable bonds is 7. The zero-order chi connectivity index (χ0) is 15.1. The molecule has 2 rings (SSSR count). The molecule has 4 nitrogen and oxygen atoms in total. The molecule has 2 heterocycles. The van der Waals surface area contributed by atoms with Crippen LogP contribution in [0.3, 0.4) is 0 Å². The molecule has 4 heteroatoms. The Balaban J connectivity index is 2.02. The van der Waals surface area contributed by atoms with Crippen molar-refractivity contribution in [3.63, 3.8) is 0 Å². The van der Waals surface area contributed by atoms with E-state index < -0.39 is 0 Å². The summed E-state index contributed by atoms with van der Waals surface area (Å²) < 4.78 is 5.56. The van der Waals surface area contributed by atoms with E-state index in [0.717, 1.165) is 57.9 Å². The number of aromatic nitrogens is 1. The average Bonchev–Trinajstić information content (AvgIpc) is 2.48. The molecule has 0 saturated carbocycles. The number of pyridine rings is 1. The fourth-order valence-corrected chi connectivity index (χ4v) is 3.24. The van der Waals surface area contributed by atoms with Gasteiger partial charge in [0.2, 0.25) is 0 Å². The molecule has 0 spiro atoms. The molecule has 0 aliphatic carbocycles. The van der Waals surface area contributed by atoms with Crippen LogP contribution >= 0.6 is 0 Å². The molecule has 1 aromatic heterocycles. The topological polar surface area (TPSA) is 37.4 Å². The summed E-state index contributed by atoms with van der Waals surface area (Å²) in [5.41, 5.74) is 2.61. The maximum Gasteiger partial charge on any atom is 0.0547 e. The van der Waals surface area contributed by atoms with E-state index in [1.807, 2.05) is 0 Å². The predicted octanol–water partition coefficient (Wildman–Crippen LogP) is 2.23. The van der Waals surface area contributed by atoms with Crippen molar-refractivity contribution in [1.82, 2.24) is 15.2 Å². The molecule has 118 valence electrons. The normalized spacial score (nSPS) is 18.1. The van der Waals surface area contributed by atoms with Gasteiger partial charge in [-0.05, 0) is 50.9 Å². The molecule has 0 aromatic carbocycles. The van der Waals surface area contributed by atoms with Crippen LogP contribution in [0.5, 0.6) is 0 Å². The molecule has 0 unspecified atom stereocenters. The van der Waals surface area contributed by atoms with Crippen molar-refractivity contribution < 1.29 is 4.74 Å². The highest BCUT2D eigenvalue weighted by Gasteiger charge is 2.33. The average molecular weight is 291 g/mol. The van der Waals surface area contributed by atoms with E-state index in [1.54, 1.807) is 0 Å². The Hall–Kier alpha value is -0.970. The first-order valence-corrected chi connectivity index (χ1v) is 8.05. The van der Waals surface area contributed by atoms with Crippen LogP contribution in [-0.4, -0.2) is 49.8 Å². The monoisotopic (exact) mass is 291 g/mol. The third kappa shape index (κ3) is 4.77. The van der Waals surface area contributed by atoms with Crippen LogP contribution in [0, 0.1) is 12.3 Å². The molecule has 1 fully saturated rings. The van der Waals surface area contributed by atoms with Crippen molar-refractivity contribution in [2.24, 2.45) is 5.41 Å². The van der Waals surface area contributed by atoms with Gasteiger partial charge in [0, 0.05) is 38.5 Å². The predicted molar refractivity (Wildman–Crippen MR) is 86.3 cm³/mol. The smallest absolute Gasteiger partial charge is 0.0547 e. The maximum absolute atomic E-state index is 5.56. The molecule has 0 amide bonds. The molecule has 21 heavy (non-hydrogen) atoms. The first kappa shape index (κ1) is 16.4. The Bertz CT molecular complexity index is 424. The van der Waals surface area contributed by atoms with Gasteiger partial charge in [-0.25, -0.2) is 0 Å². The van der Waals surface area contributed by atoms with Crippen LogP contribution in [-0.2, 0) is 11.3 Å². The summed E-state index contributed by atoms with van der Waals surface area (Å²) in [5.74, 6) is 0. The van der Waals surface area contributed by atoms with E-state index in [2.05, 4.69) is 54.3 Å². The van der Waals surface area contributed by atoms with Gasteiger partial charge in [-0.2, -0.15) is 0 Å². The van der Waals surface area contributed by atoms with E-state index in [4.69, 9.17) is 4.74 Å². The molecule has 1 aromatic rings. The lowest BCUT2D eigenvalue weighted by atomic mass is 9.79. The van der Waals surface area contributed by atoms with Crippen molar-refractivity contribution in [2.75, 3.05) is 39.9 Å². The van der Waals surface area contributed by atoms with E-state index in [-0.39, 0.29) is 0 Å². The van der Waals surface area contributed by atoms with E-state index in [9.17, 15) is 0 Å². The summed E-state index contributed by atoms with van der Waals surface area (Å²) in [5, 5.41) is 3.38. The zero-order valence-electron chi connectivity index (χ0n) is 13.7. The fourth-order valence-electron chi connectivity index (χ4n) is 3.24. The number of hydrogen-bond donors (Lipinski definition) is 1. The number of ether oxygens (including phenoxy) is 1. The minimum absolute atomic E-state index is 0.340. The number of hydrogen-bond acceptors (Lipinski definition) is 4. The third-order valence-electron chi connectivity index (χ3n) is 4.44. The Labute approximate surface area is 128 Å². The Morgan fingerprint density at radius 2 is 2.10 bits per heavy atom. The van der Waals surface area contributed by atoms with Crippen LogP contribution in [0.2, 0.25) is 0 Å². The van der Waals surface area contributed by atoms with Crippen molar-refractivity contribution in [3.8, 4) is 0 Å². The molecule has 1 aliphatic rings. The first-order valence-electron chi connectivity index (χ1n) is 8.05. The first-order chi connectivity index (χ1) is 10.2. The summed E-state index contributed by atoms with van der Waals surface area (Å²) in [6.07, 6.45) is 2.29. The van der Waals surface area contributed by atoms with Crippen molar-refractivity contribution in [2.45, 2.75) is 33.2 Å². The highest BCUT2D eigenvalue weighted by molar-refractivity contribution is 5.09. The van der Waals surface area contributed by atoms with Crippen LogP contribution < -0.4 is 5.32 Å². The minimum atomic E-state index is 0.340. The van der Waals surface area contributed by atoms with E-state index >= 15 is 0 Å². The Morgan fingerprint density at radius 3 is 2.71 bits per heavy atom. The lowest BCUT2D eigenvalue weighted by Gasteiger charge is -2.40. The van der Waals surface area contributed by atoms with Crippen LogP contribution in [0.4, 0.5) is 0 Å². The highest BCUT2D eigenvalue weighted by Crippen LogP contribution is 2.31. The quantitative estimate of drug-likeness (QED) is 0.836. The molecule has 1 saturated heterocycles. The Morgan fingerprint density at radius 1 is 1.33 bits per heavy atom. The molecule has 1 aliphatic heterocycles. The standard InChI is InChI=1S/C17H29N3O/c1-4-20(12-16-7-5-6-15(2)19-16)14-17(13-18-3)8-10-21-11-9-17/h5-7,18H,4,8-14H2,1-3H3. The van der Waals surface area contributed by atoms with E-state index in [1.165, 1.54) is 5.69 Å². The number of aryl methyl sites for hydroxylation is 1. The summed E-state index contributed by atoms with van der Waals surface area (Å²) in [6.45, 7) is 10.2. The Kier molecular flexibility index (Phi) is 6.15. The van der Waals surface area contributed by atoms with Crippen LogP contribution in [0.1, 0.15) is 31.2 Å². The van der Waals surface area contributed by atoms with Crippen LogP contribution in [0.15, 0.2) is 18.2 Å². The molecular formula is C17H29N3O. The van der Waals surface area contributed by atoms with Gasteiger partial charge in [-0.15, -0.1) is 0 Å². The maximum atomic E-state index is 5.56. The lowest BCUT2D eigenvalue weighted by Crippen LogP contribution is -2.46. The summed E-state index contributed by atoms with van der Waals surface area (Å²) in [7, 11) is 2.05. The van der Waals surface area contributed by atoms with Crippen molar-refractivity contribution in [3.05, 3.63) is 29.6 Å². The summed E-state index contributed by atoms with van der Waals surface area (Å²) >= 11 is 0. The van der Waals surface area contributed by atoms with Crippen LogP contribution in [0.25, 0.3) is 0 Å². The second-order valence-electron chi connectivity index (χ2n) is 6.22. The van der Waals surface area contributed by atoms with Gasteiger partial charge >= 0.3 is 0 Å². The van der Waals surface area contributed by atoms with Gasteiger partial charge in [-0.3, -0.25) is 9.88 Å². The highest BCUT2D eigenvalue weighted by atomic mass is 16.5. The van der Waals surface area contributed by atoms with Gasteiger partial charge in [0.05, 0.1) is 5.69 Å². The van der Waals surface area contributed by atoms with E-state index in [0.29, 0.717) is 5.41 Å². The number of nitrogens with zero attached hydrogens (tertiary/aromatic N) is 2. The number of nitrogens with one attached hydrogen (secondary N) is 1. The molecule has 1 N–H and O–H groups in total. The molecule has 0 radical (unpaired) electrons. The van der Waals surface area contributed by atoms with Crippen molar-refractivity contribution in [1.29, 1.82) is 0 Å². The van der Waals surface area contributed by atoms with Crippen molar-refractivity contribution >= 4 is 0 Å².